The largest absolute Gasteiger partial charge is 0.503 e. The lowest BCUT2D eigenvalue weighted by Crippen LogP contribution is -1.99. The van der Waals surface area contributed by atoms with Crippen molar-refractivity contribution in [2.24, 2.45) is 0 Å². The molecule has 0 radical (unpaired) electrons. The van der Waals surface area contributed by atoms with E-state index in [9.17, 15) is 17.6 Å². The number of rotatable bonds is 3. The highest BCUT2D eigenvalue weighted by molar-refractivity contribution is 7.94. The second-order valence-corrected chi connectivity index (χ2v) is 2.87. The van der Waals surface area contributed by atoms with E-state index in [0.29, 0.717) is 0 Å². The first-order valence-electron chi connectivity index (χ1n) is 3.20. The first kappa shape index (κ1) is 12.0. The van der Waals surface area contributed by atoms with Gasteiger partial charge in [0.2, 0.25) is 11.6 Å². The van der Waals surface area contributed by atoms with Crippen molar-refractivity contribution in [1.82, 2.24) is 0 Å². The van der Waals surface area contributed by atoms with Crippen LogP contribution in [-0.2, 0) is 9.37 Å². The summed E-state index contributed by atoms with van der Waals surface area (Å²) < 4.78 is 54.6. The van der Waals surface area contributed by atoms with Gasteiger partial charge in [-0.15, -0.1) is 4.33 Å². The standard InChI is InChI=1S/C6H2F4O4S/c7-1-3(9)6(15-14-13-12)4(10)2(8)5(1)11/h11-12H. The van der Waals surface area contributed by atoms with Crippen LogP contribution in [0, 0.1) is 23.3 Å². The molecule has 0 saturated carbocycles. The molecule has 0 spiro atoms. The normalized spacial score (nSPS) is 10.7. The van der Waals surface area contributed by atoms with Gasteiger partial charge >= 0.3 is 0 Å². The van der Waals surface area contributed by atoms with Gasteiger partial charge in [-0.05, 0) is 0 Å². The fourth-order valence-corrected chi connectivity index (χ4v) is 1.15. The summed E-state index contributed by atoms with van der Waals surface area (Å²) in [6, 6.07) is 0. The van der Waals surface area contributed by atoms with E-state index in [4.69, 9.17) is 10.4 Å². The van der Waals surface area contributed by atoms with E-state index in [1.807, 2.05) is 0 Å². The Balaban J connectivity index is 3.26. The molecule has 0 fully saturated rings. The first-order valence-corrected chi connectivity index (χ1v) is 3.94. The van der Waals surface area contributed by atoms with Gasteiger partial charge in [-0.3, -0.25) is 0 Å². The maximum atomic E-state index is 12.8. The van der Waals surface area contributed by atoms with Gasteiger partial charge in [0.25, 0.3) is 0 Å². The number of phenolic OH excluding ortho intramolecular Hbond substituents is 1. The Morgan fingerprint density at radius 2 is 1.40 bits per heavy atom. The molecule has 0 unspecified atom stereocenters. The van der Waals surface area contributed by atoms with Crippen LogP contribution in [0.15, 0.2) is 4.90 Å². The zero-order valence-electron chi connectivity index (χ0n) is 6.63. The van der Waals surface area contributed by atoms with Crippen molar-refractivity contribution >= 4 is 12.0 Å². The summed E-state index contributed by atoms with van der Waals surface area (Å²) in [6.45, 7) is 0. The van der Waals surface area contributed by atoms with Crippen LogP contribution in [0.4, 0.5) is 17.6 Å². The minimum atomic E-state index is -1.97. The van der Waals surface area contributed by atoms with Crippen molar-refractivity contribution in [3.63, 3.8) is 0 Å². The highest BCUT2D eigenvalue weighted by Crippen LogP contribution is 2.34. The summed E-state index contributed by atoms with van der Waals surface area (Å²) in [5, 5.41) is 19.2. The predicted octanol–water partition coefficient (Wildman–Crippen LogP) is 2.38. The Bertz CT molecular complexity index is 357. The van der Waals surface area contributed by atoms with Crippen molar-refractivity contribution in [1.29, 1.82) is 0 Å². The molecular weight excluding hydrogens is 244 g/mol. The molecule has 84 valence electrons. The van der Waals surface area contributed by atoms with Crippen molar-refractivity contribution < 1.29 is 37.3 Å². The summed E-state index contributed by atoms with van der Waals surface area (Å²) in [6.07, 6.45) is 0. The van der Waals surface area contributed by atoms with Crippen molar-refractivity contribution in [2.75, 3.05) is 0 Å². The van der Waals surface area contributed by atoms with Crippen LogP contribution in [0.1, 0.15) is 0 Å². The molecule has 0 atom stereocenters. The zero-order valence-corrected chi connectivity index (χ0v) is 7.45. The van der Waals surface area contributed by atoms with Crippen molar-refractivity contribution in [2.45, 2.75) is 4.90 Å². The maximum absolute atomic E-state index is 12.8. The van der Waals surface area contributed by atoms with E-state index < -0.39 is 33.9 Å². The Morgan fingerprint density at radius 1 is 0.933 bits per heavy atom. The molecule has 9 heteroatoms. The van der Waals surface area contributed by atoms with Crippen LogP contribution in [0.2, 0.25) is 0 Å². The van der Waals surface area contributed by atoms with Crippen LogP contribution in [0.5, 0.6) is 5.75 Å². The van der Waals surface area contributed by atoms with Crippen LogP contribution in [0.3, 0.4) is 0 Å². The molecule has 4 nitrogen and oxygen atoms in total. The summed E-state index contributed by atoms with van der Waals surface area (Å²) in [4.78, 5) is -1.24. The molecule has 0 amide bonds. The molecule has 0 aliphatic heterocycles. The number of halogens is 4. The quantitative estimate of drug-likeness (QED) is 0.282. The Morgan fingerprint density at radius 3 is 1.80 bits per heavy atom. The Hall–Kier alpha value is -1.03. The second-order valence-electron chi connectivity index (χ2n) is 2.16. The van der Waals surface area contributed by atoms with E-state index in [1.165, 1.54) is 0 Å². The van der Waals surface area contributed by atoms with Gasteiger partial charge < -0.3 is 5.11 Å². The number of benzene rings is 1. The molecular formula is C6H2F4O4S. The predicted molar refractivity (Wildman–Crippen MR) is 38.6 cm³/mol. The Kier molecular flexibility index (Phi) is 3.74. The first-order chi connectivity index (χ1) is 7.00. The SMILES string of the molecule is OOOSc1c(F)c(F)c(O)c(F)c1F. The lowest BCUT2D eigenvalue weighted by Gasteiger charge is -2.05. The van der Waals surface area contributed by atoms with E-state index >= 15 is 0 Å². The van der Waals surface area contributed by atoms with Crippen molar-refractivity contribution in [3.05, 3.63) is 23.3 Å². The lowest BCUT2D eigenvalue weighted by atomic mass is 10.3. The molecule has 0 heterocycles. The third-order valence-electron chi connectivity index (χ3n) is 1.35. The molecule has 2 N–H and O–H groups in total. The number of hydrogen-bond acceptors (Lipinski definition) is 5. The van der Waals surface area contributed by atoms with Gasteiger partial charge in [0.05, 0.1) is 12.0 Å². The van der Waals surface area contributed by atoms with Gasteiger partial charge in [-0.25, -0.2) is 14.0 Å². The van der Waals surface area contributed by atoms with Crippen molar-refractivity contribution in [3.8, 4) is 5.75 Å². The molecule has 0 aliphatic carbocycles. The van der Waals surface area contributed by atoms with E-state index in [2.05, 4.69) is 9.37 Å². The van der Waals surface area contributed by atoms with Gasteiger partial charge in [0, 0.05) is 0 Å². The smallest absolute Gasteiger partial charge is 0.204 e. The second kappa shape index (κ2) is 4.66. The molecule has 0 bridgehead atoms. The Labute approximate surface area is 84.1 Å². The van der Waals surface area contributed by atoms with E-state index in [-0.39, 0.29) is 12.0 Å². The summed E-state index contributed by atoms with van der Waals surface area (Å²) in [5.74, 6) is -9.46. The fourth-order valence-electron chi connectivity index (χ4n) is 0.722. The summed E-state index contributed by atoms with van der Waals surface area (Å²) in [7, 11) is 0. The number of aromatic hydroxyl groups is 1. The number of phenols is 1. The highest BCUT2D eigenvalue weighted by atomic mass is 32.2. The highest BCUT2D eigenvalue weighted by Gasteiger charge is 2.26. The molecule has 15 heavy (non-hydrogen) atoms. The molecule has 0 aliphatic rings. The lowest BCUT2D eigenvalue weighted by molar-refractivity contribution is -0.432. The molecule has 1 aromatic rings. The number of hydrogen-bond donors (Lipinski definition) is 2. The topological polar surface area (TPSA) is 58.9 Å². The van der Waals surface area contributed by atoms with Crippen LogP contribution in [-0.4, -0.2) is 10.4 Å². The molecule has 0 saturated heterocycles. The molecule has 1 aromatic carbocycles. The third kappa shape index (κ3) is 2.15. The van der Waals surface area contributed by atoms with E-state index in [1.54, 1.807) is 0 Å². The monoisotopic (exact) mass is 246 g/mol. The summed E-state index contributed by atoms with van der Waals surface area (Å²) in [5.41, 5.74) is 0. The maximum Gasteiger partial charge on any atom is 0.204 e. The van der Waals surface area contributed by atoms with Gasteiger partial charge in [0.15, 0.2) is 17.4 Å². The van der Waals surface area contributed by atoms with Gasteiger partial charge in [-0.2, -0.15) is 8.78 Å². The third-order valence-corrected chi connectivity index (χ3v) is 2.00. The van der Waals surface area contributed by atoms with E-state index in [0.717, 1.165) is 0 Å². The van der Waals surface area contributed by atoms with Crippen LogP contribution in [0.25, 0.3) is 0 Å². The summed E-state index contributed by atoms with van der Waals surface area (Å²) >= 11 is -0.303. The average Bonchev–Trinajstić information content (AvgIpc) is 2.24. The fraction of sp³-hybridized carbons (Fsp3) is 0. The molecule has 0 aromatic heterocycles. The zero-order chi connectivity index (χ0) is 11.6. The minimum absolute atomic E-state index is 0.303. The average molecular weight is 246 g/mol. The van der Waals surface area contributed by atoms with Crippen LogP contribution >= 0.6 is 12.0 Å². The van der Waals surface area contributed by atoms with Crippen LogP contribution < -0.4 is 0 Å². The van der Waals surface area contributed by atoms with Gasteiger partial charge in [0.1, 0.15) is 4.90 Å². The van der Waals surface area contributed by atoms with Gasteiger partial charge in [-0.1, -0.05) is 5.04 Å². The molecule has 1 rings (SSSR count). The minimum Gasteiger partial charge on any atom is -0.503 e.